The largest absolute Gasteiger partial charge is 0.390 e. The van der Waals surface area contributed by atoms with Crippen molar-refractivity contribution in [3.8, 4) is 0 Å². The Labute approximate surface area is 111 Å². The van der Waals surface area contributed by atoms with E-state index in [1.54, 1.807) is 0 Å². The van der Waals surface area contributed by atoms with E-state index in [2.05, 4.69) is 0 Å². The molecule has 0 spiro atoms. The smallest absolute Gasteiger partial charge is 0.233 e. The SMILES string of the molecule is O=C1[C@@H]2[C@H]3C[C@H]4[C@H](O[C@H]([C@@H]42)N1c1ccccc1)[C@@H]3O. The first-order valence-electron chi connectivity index (χ1n) is 6.99. The molecule has 5 rings (SSSR count). The number of carbonyl (C=O) groups excluding carboxylic acids is 1. The standard InChI is InChI=1S/C15H15NO3/c17-12-8-6-9-11-10(8)14(18)16(15(11)19-13(9)12)7-4-2-1-3-5-7/h1-5,8-13,15,17H,6H2/t8-,9-,10-,11+,12-,13+,15-/m1/s1. The summed E-state index contributed by atoms with van der Waals surface area (Å²) < 4.78 is 6.03. The molecule has 2 saturated heterocycles. The van der Waals surface area contributed by atoms with Gasteiger partial charge in [-0.05, 0) is 30.4 Å². The second kappa shape index (κ2) is 3.19. The van der Waals surface area contributed by atoms with Crippen molar-refractivity contribution in [2.45, 2.75) is 24.9 Å². The molecule has 2 saturated carbocycles. The van der Waals surface area contributed by atoms with Crippen LogP contribution in [0.25, 0.3) is 0 Å². The van der Waals surface area contributed by atoms with Crippen LogP contribution in [0.15, 0.2) is 30.3 Å². The van der Waals surface area contributed by atoms with Crippen molar-refractivity contribution in [1.82, 2.24) is 0 Å². The van der Waals surface area contributed by atoms with Crippen LogP contribution in [0.4, 0.5) is 5.69 Å². The van der Waals surface area contributed by atoms with Gasteiger partial charge in [-0.1, -0.05) is 18.2 Å². The zero-order chi connectivity index (χ0) is 12.7. The lowest BCUT2D eigenvalue weighted by Gasteiger charge is -2.30. The summed E-state index contributed by atoms with van der Waals surface area (Å²) in [5, 5.41) is 10.2. The summed E-state index contributed by atoms with van der Waals surface area (Å²) in [5.74, 6) is 0.917. The lowest BCUT2D eigenvalue weighted by atomic mass is 9.80. The quantitative estimate of drug-likeness (QED) is 0.816. The van der Waals surface area contributed by atoms with Gasteiger partial charge in [0, 0.05) is 11.6 Å². The summed E-state index contributed by atoms with van der Waals surface area (Å²) >= 11 is 0. The lowest BCUT2D eigenvalue weighted by Crippen LogP contribution is -2.43. The minimum absolute atomic E-state index is 0.0241. The van der Waals surface area contributed by atoms with E-state index in [1.165, 1.54) is 0 Å². The lowest BCUT2D eigenvalue weighted by molar-refractivity contribution is -0.128. The van der Waals surface area contributed by atoms with Gasteiger partial charge in [-0.3, -0.25) is 9.69 Å². The van der Waals surface area contributed by atoms with E-state index in [4.69, 9.17) is 4.74 Å². The molecule has 4 heteroatoms. The van der Waals surface area contributed by atoms with Crippen LogP contribution < -0.4 is 4.90 Å². The van der Waals surface area contributed by atoms with Gasteiger partial charge in [-0.2, -0.15) is 0 Å². The molecule has 4 nitrogen and oxygen atoms in total. The first-order chi connectivity index (χ1) is 9.27. The van der Waals surface area contributed by atoms with Crippen LogP contribution in [-0.4, -0.2) is 29.4 Å². The second-order valence-corrected chi connectivity index (χ2v) is 6.19. The van der Waals surface area contributed by atoms with E-state index in [0.29, 0.717) is 11.8 Å². The number of carbonyl (C=O) groups is 1. The van der Waals surface area contributed by atoms with Crippen molar-refractivity contribution < 1.29 is 14.6 Å². The molecule has 2 heterocycles. The Hall–Kier alpha value is -1.39. The van der Waals surface area contributed by atoms with Gasteiger partial charge < -0.3 is 9.84 Å². The third-order valence-electron chi connectivity index (χ3n) is 5.55. The molecule has 1 N–H and O–H groups in total. The monoisotopic (exact) mass is 257 g/mol. The number of amides is 1. The molecular weight excluding hydrogens is 242 g/mol. The Morgan fingerprint density at radius 3 is 2.79 bits per heavy atom. The van der Waals surface area contributed by atoms with Crippen LogP contribution in [0.5, 0.6) is 0 Å². The average Bonchev–Trinajstić information content (AvgIpc) is 3.08. The molecular formula is C15H15NO3. The van der Waals surface area contributed by atoms with Crippen LogP contribution in [-0.2, 0) is 9.53 Å². The Morgan fingerprint density at radius 2 is 2.00 bits per heavy atom. The molecule has 1 amide bonds. The van der Waals surface area contributed by atoms with Gasteiger partial charge in [0.15, 0.2) is 0 Å². The minimum Gasteiger partial charge on any atom is -0.390 e. The number of fused-ring (bicyclic) bond motifs is 2. The number of aliphatic hydroxyl groups is 1. The number of anilines is 1. The number of benzene rings is 1. The maximum absolute atomic E-state index is 12.7. The van der Waals surface area contributed by atoms with Crippen molar-refractivity contribution in [2.24, 2.45) is 23.7 Å². The third-order valence-corrected chi connectivity index (χ3v) is 5.55. The van der Waals surface area contributed by atoms with Gasteiger partial charge in [-0.15, -0.1) is 0 Å². The van der Waals surface area contributed by atoms with Gasteiger partial charge >= 0.3 is 0 Å². The van der Waals surface area contributed by atoms with Crippen LogP contribution >= 0.6 is 0 Å². The fraction of sp³-hybridized carbons (Fsp3) is 0.533. The maximum Gasteiger partial charge on any atom is 0.233 e. The summed E-state index contributed by atoms with van der Waals surface area (Å²) in [6, 6.07) is 9.75. The number of hydrogen-bond acceptors (Lipinski definition) is 3. The van der Waals surface area contributed by atoms with Gasteiger partial charge in [-0.25, -0.2) is 0 Å². The van der Waals surface area contributed by atoms with Crippen LogP contribution in [0.1, 0.15) is 6.42 Å². The van der Waals surface area contributed by atoms with E-state index in [9.17, 15) is 9.90 Å². The van der Waals surface area contributed by atoms with E-state index in [-0.39, 0.29) is 30.1 Å². The first-order valence-corrected chi connectivity index (χ1v) is 6.99. The molecule has 1 aromatic rings. The van der Waals surface area contributed by atoms with Crippen molar-refractivity contribution in [2.75, 3.05) is 4.90 Å². The Morgan fingerprint density at radius 1 is 1.21 bits per heavy atom. The van der Waals surface area contributed by atoms with E-state index >= 15 is 0 Å². The zero-order valence-corrected chi connectivity index (χ0v) is 10.3. The normalized spacial score (nSPS) is 49.4. The average molecular weight is 257 g/mol. The molecule has 98 valence electrons. The van der Waals surface area contributed by atoms with E-state index < -0.39 is 6.10 Å². The highest BCUT2D eigenvalue weighted by atomic mass is 16.5. The van der Waals surface area contributed by atoms with Gasteiger partial charge in [0.05, 0.1) is 18.1 Å². The molecule has 0 aromatic heterocycles. The van der Waals surface area contributed by atoms with Crippen LogP contribution in [0.3, 0.4) is 0 Å². The Balaban J connectivity index is 1.62. The fourth-order valence-electron chi connectivity index (χ4n) is 4.92. The molecule has 4 aliphatic rings. The molecule has 0 radical (unpaired) electrons. The Kier molecular flexibility index (Phi) is 1.75. The second-order valence-electron chi connectivity index (χ2n) is 6.19. The Bertz CT molecular complexity index is 560. The summed E-state index contributed by atoms with van der Waals surface area (Å²) in [6.45, 7) is 0. The summed E-state index contributed by atoms with van der Waals surface area (Å²) in [5.41, 5.74) is 0.918. The summed E-state index contributed by atoms with van der Waals surface area (Å²) in [6.07, 6.45) is 0.331. The number of nitrogens with zero attached hydrogens (tertiary/aromatic N) is 1. The highest BCUT2D eigenvalue weighted by Crippen LogP contribution is 2.63. The third kappa shape index (κ3) is 1.03. The van der Waals surface area contributed by atoms with Crippen molar-refractivity contribution in [1.29, 1.82) is 0 Å². The topological polar surface area (TPSA) is 49.8 Å². The number of ether oxygens (including phenoxy) is 1. The highest BCUT2D eigenvalue weighted by Gasteiger charge is 2.72. The fourth-order valence-corrected chi connectivity index (χ4v) is 4.92. The molecule has 2 aliphatic carbocycles. The molecule has 4 fully saturated rings. The van der Waals surface area contributed by atoms with E-state index in [1.807, 2.05) is 35.2 Å². The number of hydrogen-bond donors (Lipinski definition) is 1. The molecule has 1 aromatic carbocycles. The number of aliphatic hydroxyl groups excluding tert-OH is 1. The van der Waals surface area contributed by atoms with E-state index in [0.717, 1.165) is 12.1 Å². The molecule has 7 atom stereocenters. The zero-order valence-electron chi connectivity index (χ0n) is 10.3. The summed E-state index contributed by atoms with van der Waals surface area (Å²) in [4.78, 5) is 14.5. The molecule has 2 bridgehead atoms. The van der Waals surface area contributed by atoms with Gasteiger partial charge in [0.2, 0.25) is 5.91 Å². The molecule has 2 aliphatic heterocycles. The number of rotatable bonds is 1. The van der Waals surface area contributed by atoms with Gasteiger partial charge in [0.25, 0.3) is 0 Å². The first kappa shape index (κ1) is 10.4. The predicted octanol–water partition coefficient (Wildman–Crippen LogP) is 1.00. The van der Waals surface area contributed by atoms with Crippen molar-refractivity contribution >= 4 is 11.6 Å². The molecule has 19 heavy (non-hydrogen) atoms. The van der Waals surface area contributed by atoms with Crippen molar-refractivity contribution in [3.05, 3.63) is 30.3 Å². The maximum atomic E-state index is 12.7. The predicted molar refractivity (Wildman–Crippen MR) is 67.2 cm³/mol. The minimum atomic E-state index is -0.432. The highest BCUT2D eigenvalue weighted by molar-refractivity contribution is 5.99. The molecule has 0 unspecified atom stereocenters. The van der Waals surface area contributed by atoms with Crippen LogP contribution in [0, 0.1) is 23.7 Å². The van der Waals surface area contributed by atoms with Crippen molar-refractivity contribution in [3.63, 3.8) is 0 Å². The summed E-state index contributed by atoms with van der Waals surface area (Å²) in [7, 11) is 0. The number of para-hydroxylation sites is 1. The van der Waals surface area contributed by atoms with Crippen LogP contribution in [0.2, 0.25) is 0 Å². The van der Waals surface area contributed by atoms with Gasteiger partial charge in [0.1, 0.15) is 6.23 Å².